The first kappa shape index (κ1) is 16.8. The lowest BCUT2D eigenvalue weighted by Crippen LogP contribution is -2.35. The number of rotatable bonds is 7. The molecule has 0 aliphatic carbocycles. The molecule has 0 aliphatic heterocycles. The molecule has 0 fully saturated rings. The Hall–Kier alpha value is -2.60. The number of carbonyl (C=O) groups excluding carboxylic acids is 2. The smallest absolute Gasteiger partial charge is 0.338 e. The van der Waals surface area contributed by atoms with Crippen LogP contribution in [0.2, 0.25) is 0 Å². The summed E-state index contributed by atoms with van der Waals surface area (Å²) in [5.41, 5.74) is 1.34. The first-order valence-electron chi connectivity index (χ1n) is 7.19. The van der Waals surface area contributed by atoms with Crippen molar-refractivity contribution in [3.63, 3.8) is 0 Å². The zero-order valence-electron chi connectivity index (χ0n) is 13.1. The SMILES string of the molecule is COCc1ccc(C(=O)O[C@@H](C)C(=O)NCc2ccco2)cc1. The molecular formula is C17H19NO5. The highest BCUT2D eigenvalue weighted by Gasteiger charge is 2.18. The summed E-state index contributed by atoms with van der Waals surface area (Å²) in [4.78, 5) is 23.9. The van der Waals surface area contributed by atoms with Crippen LogP contribution < -0.4 is 5.32 Å². The van der Waals surface area contributed by atoms with Gasteiger partial charge in [-0.3, -0.25) is 4.79 Å². The van der Waals surface area contributed by atoms with E-state index in [9.17, 15) is 9.59 Å². The summed E-state index contributed by atoms with van der Waals surface area (Å²) in [5, 5.41) is 2.64. The van der Waals surface area contributed by atoms with Crippen molar-refractivity contribution in [2.75, 3.05) is 7.11 Å². The molecule has 6 heteroatoms. The van der Waals surface area contributed by atoms with Crippen molar-refractivity contribution in [1.82, 2.24) is 5.32 Å². The molecule has 0 saturated carbocycles. The maximum absolute atomic E-state index is 12.0. The lowest BCUT2D eigenvalue weighted by atomic mass is 10.1. The number of nitrogens with one attached hydrogen (secondary N) is 1. The van der Waals surface area contributed by atoms with Crippen molar-refractivity contribution < 1.29 is 23.5 Å². The minimum Gasteiger partial charge on any atom is -0.467 e. The number of methoxy groups -OCH3 is 1. The van der Waals surface area contributed by atoms with Crippen LogP contribution in [0.15, 0.2) is 47.1 Å². The molecule has 0 radical (unpaired) electrons. The second-order valence-corrected chi connectivity index (χ2v) is 4.97. The fourth-order valence-electron chi connectivity index (χ4n) is 1.92. The molecule has 23 heavy (non-hydrogen) atoms. The van der Waals surface area contributed by atoms with Gasteiger partial charge in [0.1, 0.15) is 5.76 Å². The molecule has 0 unspecified atom stereocenters. The van der Waals surface area contributed by atoms with E-state index in [4.69, 9.17) is 13.9 Å². The zero-order chi connectivity index (χ0) is 16.7. The van der Waals surface area contributed by atoms with Gasteiger partial charge >= 0.3 is 5.97 Å². The Morgan fingerprint density at radius 2 is 1.96 bits per heavy atom. The quantitative estimate of drug-likeness (QED) is 0.793. The molecule has 0 bridgehead atoms. The molecule has 2 rings (SSSR count). The van der Waals surface area contributed by atoms with Gasteiger partial charge < -0.3 is 19.2 Å². The van der Waals surface area contributed by atoms with Crippen LogP contribution in [0, 0.1) is 0 Å². The van der Waals surface area contributed by atoms with Gasteiger partial charge in [-0.15, -0.1) is 0 Å². The summed E-state index contributed by atoms with van der Waals surface area (Å²) >= 11 is 0. The average Bonchev–Trinajstić information content (AvgIpc) is 3.07. The van der Waals surface area contributed by atoms with Gasteiger partial charge in [0, 0.05) is 7.11 Å². The Morgan fingerprint density at radius 3 is 2.57 bits per heavy atom. The van der Waals surface area contributed by atoms with Crippen molar-refractivity contribution >= 4 is 11.9 Å². The Kier molecular flexibility index (Phi) is 5.94. The molecule has 0 spiro atoms. The van der Waals surface area contributed by atoms with Crippen LogP contribution in [0.3, 0.4) is 0 Å². The molecular weight excluding hydrogens is 298 g/mol. The molecule has 0 aliphatic rings. The molecule has 1 aromatic heterocycles. The van der Waals surface area contributed by atoms with E-state index in [2.05, 4.69) is 5.32 Å². The molecule has 6 nitrogen and oxygen atoms in total. The van der Waals surface area contributed by atoms with Crippen molar-refractivity contribution in [3.8, 4) is 0 Å². The minimum atomic E-state index is -0.892. The van der Waals surface area contributed by atoms with Crippen molar-refractivity contribution in [2.24, 2.45) is 0 Å². The predicted octanol–water partition coefficient (Wildman–Crippen LogP) is 2.29. The monoisotopic (exact) mass is 317 g/mol. The third kappa shape index (κ3) is 4.96. The van der Waals surface area contributed by atoms with Crippen LogP contribution >= 0.6 is 0 Å². The van der Waals surface area contributed by atoms with Gasteiger partial charge in [0.2, 0.25) is 0 Å². The summed E-state index contributed by atoms with van der Waals surface area (Å²) in [6.07, 6.45) is 0.633. The fourth-order valence-corrected chi connectivity index (χ4v) is 1.92. The van der Waals surface area contributed by atoms with Gasteiger partial charge in [0.05, 0.1) is 25.0 Å². The number of furan rings is 1. The second-order valence-electron chi connectivity index (χ2n) is 4.97. The standard InChI is InChI=1S/C17H19NO5/c1-12(16(19)18-10-15-4-3-9-22-15)23-17(20)14-7-5-13(6-8-14)11-21-2/h3-9,12H,10-11H2,1-2H3,(H,18,19)/t12-/m0/s1. The molecule has 1 heterocycles. The third-order valence-electron chi connectivity index (χ3n) is 3.17. The number of esters is 1. The molecule has 122 valence electrons. The number of hydrogen-bond donors (Lipinski definition) is 1. The van der Waals surface area contributed by atoms with Gasteiger partial charge in [0.25, 0.3) is 5.91 Å². The summed E-state index contributed by atoms with van der Waals surface area (Å²) in [7, 11) is 1.60. The second kappa shape index (κ2) is 8.14. The average molecular weight is 317 g/mol. The molecule has 1 atom stereocenters. The number of carbonyl (C=O) groups is 2. The van der Waals surface area contributed by atoms with Crippen molar-refractivity contribution in [2.45, 2.75) is 26.2 Å². The van der Waals surface area contributed by atoms with Crippen molar-refractivity contribution in [3.05, 3.63) is 59.5 Å². The highest BCUT2D eigenvalue weighted by molar-refractivity contribution is 5.92. The first-order valence-corrected chi connectivity index (χ1v) is 7.19. The maximum Gasteiger partial charge on any atom is 0.338 e. The van der Waals surface area contributed by atoms with E-state index in [1.54, 1.807) is 43.5 Å². The zero-order valence-corrected chi connectivity index (χ0v) is 13.1. The Balaban J connectivity index is 1.84. The van der Waals surface area contributed by atoms with Crippen LogP contribution in [0.4, 0.5) is 0 Å². The number of ether oxygens (including phenoxy) is 2. The normalized spacial score (nSPS) is 11.7. The van der Waals surface area contributed by atoms with E-state index in [0.717, 1.165) is 5.56 Å². The van der Waals surface area contributed by atoms with Gasteiger partial charge in [-0.2, -0.15) is 0 Å². The number of benzene rings is 1. The Labute approximate surface area is 134 Å². The summed E-state index contributed by atoms with van der Waals surface area (Å²) in [6.45, 7) is 2.25. The Bertz CT molecular complexity index is 634. The molecule has 1 amide bonds. The largest absolute Gasteiger partial charge is 0.467 e. The summed E-state index contributed by atoms with van der Waals surface area (Å²) in [5.74, 6) is -0.300. The molecule has 1 N–H and O–H groups in total. The summed E-state index contributed by atoms with van der Waals surface area (Å²) < 4.78 is 15.3. The fraction of sp³-hybridized carbons (Fsp3) is 0.294. The maximum atomic E-state index is 12.0. The third-order valence-corrected chi connectivity index (χ3v) is 3.17. The van der Waals surface area contributed by atoms with E-state index < -0.39 is 12.1 Å². The summed E-state index contributed by atoms with van der Waals surface area (Å²) in [6, 6.07) is 10.3. The lowest BCUT2D eigenvalue weighted by Gasteiger charge is -2.13. The van der Waals surface area contributed by atoms with Crippen LogP contribution in [-0.2, 0) is 27.4 Å². The molecule has 2 aromatic rings. The van der Waals surface area contributed by atoms with Gasteiger partial charge in [-0.05, 0) is 36.8 Å². The van der Waals surface area contributed by atoms with Gasteiger partial charge in [0.15, 0.2) is 6.10 Å². The predicted molar refractivity (Wildman–Crippen MR) is 82.6 cm³/mol. The van der Waals surface area contributed by atoms with Crippen LogP contribution in [-0.4, -0.2) is 25.1 Å². The topological polar surface area (TPSA) is 77.8 Å². The van der Waals surface area contributed by atoms with Crippen molar-refractivity contribution in [1.29, 1.82) is 0 Å². The highest BCUT2D eigenvalue weighted by Crippen LogP contribution is 2.08. The van der Waals surface area contributed by atoms with Crippen LogP contribution in [0.1, 0.15) is 28.6 Å². The minimum absolute atomic E-state index is 0.249. The van der Waals surface area contributed by atoms with E-state index in [0.29, 0.717) is 17.9 Å². The number of amides is 1. The van der Waals surface area contributed by atoms with Gasteiger partial charge in [-0.1, -0.05) is 12.1 Å². The molecule has 1 aromatic carbocycles. The lowest BCUT2D eigenvalue weighted by molar-refractivity contribution is -0.129. The van der Waals surface area contributed by atoms with E-state index in [-0.39, 0.29) is 12.5 Å². The molecule has 0 saturated heterocycles. The van der Waals surface area contributed by atoms with Crippen LogP contribution in [0.5, 0.6) is 0 Å². The number of hydrogen-bond acceptors (Lipinski definition) is 5. The van der Waals surface area contributed by atoms with Crippen LogP contribution in [0.25, 0.3) is 0 Å². The van der Waals surface area contributed by atoms with Gasteiger partial charge in [-0.25, -0.2) is 4.79 Å². The van der Waals surface area contributed by atoms with E-state index in [1.165, 1.54) is 13.2 Å². The van der Waals surface area contributed by atoms with E-state index >= 15 is 0 Å². The first-order chi connectivity index (χ1) is 11.1. The van der Waals surface area contributed by atoms with E-state index in [1.807, 2.05) is 0 Å². The highest BCUT2D eigenvalue weighted by atomic mass is 16.5. The Morgan fingerprint density at radius 1 is 1.22 bits per heavy atom.